The van der Waals surface area contributed by atoms with Gasteiger partial charge >= 0.3 is 6.03 Å². The van der Waals surface area contributed by atoms with Gasteiger partial charge < -0.3 is 19.4 Å². The first-order chi connectivity index (χ1) is 16.9. The predicted molar refractivity (Wildman–Crippen MR) is 135 cm³/mol. The van der Waals surface area contributed by atoms with Gasteiger partial charge in [-0.1, -0.05) is 6.07 Å². The third-order valence-corrected chi connectivity index (χ3v) is 6.54. The standard InChI is InChI=1S/C26H28N6O3/c1-5-32-23-18(25(33)30(3)21-9-7-12-27-24(21)32)14-17(15-28-23)11-13-35-22-10-6-8-20-19(22)16-29(2)26(34)31(20)4/h6-10,12,14-15H,5,11,13,16H2,1-4H3. The monoisotopic (exact) mass is 472 g/mol. The topological polar surface area (TPSA) is 82.1 Å². The summed E-state index contributed by atoms with van der Waals surface area (Å²) < 4.78 is 6.14. The third-order valence-electron chi connectivity index (χ3n) is 6.54. The van der Waals surface area contributed by atoms with E-state index in [2.05, 4.69) is 9.97 Å². The Morgan fingerprint density at radius 1 is 0.971 bits per heavy atom. The number of ether oxygens (including phenoxy) is 1. The van der Waals surface area contributed by atoms with E-state index in [1.54, 1.807) is 48.2 Å². The van der Waals surface area contributed by atoms with Gasteiger partial charge in [-0.05, 0) is 42.8 Å². The van der Waals surface area contributed by atoms with Gasteiger partial charge in [0, 0.05) is 52.1 Å². The molecule has 1 aromatic carbocycles. The normalized spacial score (nSPS) is 15.0. The largest absolute Gasteiger partial charge is 0.493 e. The van der Waals surface area contributed by atoms with Crippen LogP contribution in [-0.4, -0.2) is 61.1 Å². The van der Waals surface area contributed by atoms with Crippen LogP contribution >= 0.6 is 0 Å². The highest BCUT2D eigenvalue weighted by molar-refractivity contribution is 6.12. The molecule has 2 aromatic heterocycles. The molecule has 0 aliphatic carbocycles. The molecule has 3 aromatic rings. The lowest BCUT2D eigenvalue weighted by molar-refractivity contribution is 0.0994. The van der Waals surface area contributed by atoms with E-state index in [0.717, 1.165) is 34.1 Å². The zero-order chi connectivity index (χ0) is 24.7. The zero-order valence-electron chi connectivity index (χ0n) is 20.4. The molecular weight excluding hydrogens is 444 g/mol. The number of pyridine rings is 2. The number of anilines is 4. The Hall–Kier alpha value is -4.14. The molecule has 9 nitrogen and oxygen atoms in total. The number of carbonyl (C=O) groups is 2. The highest BCUT2D eigenvalue weighted by Crippen LogP contribution is 2.38. The van der Waals surface area contributed by atoms with Crippen molar-refractivity contribution in [2.24, 2.45) is 0 Å². The molecule has 5 rings (SSSR count). The highest BCUT2D eigenvalue weighted by atomic mass is 16.5. The van der Waals surface area contributed by atoms with Crippen molar-refractivity contribution in [3.8, 4) is 5.75 Å². The summed E-state index contributed by atoms with van der Waals surface area (Å²) in [5, 5.41) is 0. The van der Waals surface area contributed by atoms with Gasteiger partial charge in [0.25, 0.3) is 5.91 Å². The Kier molecular flexibility index (Phi) is 5.76. The van der Waals surface area contributed by atoms with E-state index >= 15 is 0 Å². The summed E-state index contributed by atoms with van der Waals surface area (Å²) in [6.07, 6.45) is 4.11. The average Bonchev–Trinajstić information content (AvgIpc) is 2.96. The van der Waals surface area contributed by atoms with Crippen molar-refractivity contribution in [2.75, 3.05) is 49.0 Å². The van der Waals surface area contributed by atoms with E-state index in [1.165, 1.54) is 0 Å². The van der Waals surface area contributed by atoms with Crippen LogP contribution in [0, 0.1) is 0 Å². The second-order valence-electron chi connectivity index (χ2n) is 8.72. The number of hydrogen-bond donors (Lipinski definition) is 0. The molecule has 0 spiro atoms. The number of aromatic nitrogens is 2. The van der Waals surface area contributed by atoms with Gasteiger partial charge in [-0.3, -0.25) is 9.69 Å². The summed E-state index contributed by atoms with van der Waals surface area (Å²) in [5.74, 6) is 1.97. The minimum absolute atomic E-state index is 0.0428. The van der Waals surface area contributed by atoms with Crippen molar-refractivity contribution in [3.63, 3.8) is 0 Å². The van der Waals surface area contributed by atoms with Crippen molar-refractivity contribution < 1.29 is 14.3 Å². The maximum absolute atomic E-state index is 13.3. The molecule has 0 radical (unpaired) electrons. The fraction of sp³-hybridized carbons (Fsp3) is 0.308. The third kappa shape index (κ3) is 3.82. The maximum Gasteiger partial charge on any atom is 0.324 e. The van der Waals surface area contributed by atoms with Crippen molar-refractivity contribution >= 4 is 34.9 Å². The molecule has 9 heteroatoms. The fourth-order valence-electron chi connectivity index (χ4n) is 4.66. The van der Waals surface area contributed by atoms with Crippen LogP contribution < -0.4 is 19.4 Å². The number of nitrogens with zero attached hydrogens (tertiary/aromatic N) is 6. The van der Waals surface area contributed by atoms with Crippen molar-refractivity contribution in [1.29, 1.82) is 0 Å². The minimum Gasteiger partial charge on any atom is -0.493 e. The van der Waals surface area contributed by atoms with Gasteiger partial charge in [0.15, 0.2) is 5.82 Å². The molecule has 2 aliphatic rings. The molecule has 35 heavy (non-hydrogen) atoms. The van der Waals surface area contributed by atoms with Gasteiger partial charge in [-0.2, -0.15) is 0 Å². The quantitative estimate of drug-likeness (QED) is 0.561. The number of amides is 3. The Morgan fingerprint density at radius 3 is 2.57 bits per heavy atom. The summed E-state index contributed by atoms with van der Waals surface area (Å²) in [7, 11) is 5.31. The van der Waals surface area contributed by atoms with Crippen LogP contribution in [0.5, 0.6) is 5.75 Å². The first-order valence-corrected chi connectivity index (χ1v) is 11.6. The molecular formula is C26H28N6O3. The van der Waals surface area contributed by atoms with E-state index in [-0.39, 0.29) is 11.9 Å². The van der Waals surface area contributed by atoms with E-state index in [1.807, 2.05) is 48.2 Å². The van der Waals surface area contributed by atoms with E-state index < -0.39 is 0 Å². The van der Waals surface area contributed by atoms with Gasteiger partial charge in [-0.25, -0.2) is 14.8 Å². The van der Waals surface area contributed by atoms with Crippen molar-refractivity contribution in [3.05, 3.63) is 65.5 Å². The number of carbonyl (C=O) groups excluding carboxylic acids is 2. The molecule has 180 valence electrons. The van der Waals surface area contributed by atoms with Crippen LogP contribution in [0.3, 0.4) is 0 Å². The molecule has 0 atom stereocenters. The Balaban J connectivity index is 1.37. The number of benzene rings is 1. The Bertz CT molecular complexity index is 1310. The lowest BCUT2D eigenvalue weighted by atomic mass is 10.1. The smallest absolute Gasteiger partial charge is 0.324 e. The molecule has 0 unspecified atom stereocenters. The number of urea groups is 1. The van der Waals surface area contributed by atoms with Crippen LogP contribution in [-0.2, 0) is 13.0 Å². The molecule has 3 amide bonds. The average molecular weight is 473 g/mol. The second-order valence-corrected chi connectivity index (χ2v) is 8.72. The molecule has 0 bridgehead atoms. The van der Waals surface area contributed by atoms with Crippen molar-refractivity contribution in [2.45, 2.75) is 19.9 Å². The lowest BCUT2D eigenvalue weighted by Gasteiger charge is -2.33. The molecule has 4 heterocycles. The summed E-state index contributed by atoms with van der Waals surface area (Å²) in [6.45, 7) is 3.57. The van der Waals surface area contributed by atoms with Gasteiger partial charge in [0.1, 0.15) is 11.6 Å². The minimum atomic E-state index is -0.117. The van der Waals surface area contributed by atoms with Crippen LogP contribution in [0.1, 0.15) is 28.4 Å². The fourth-order valence-corrected chi connectivity index (χ4v) is 4.66. The summed E-state index contributed by atoms with van der Waals surface area (Å²) in [5.41, 5.74) is 4.06. The van der Waals surface area contributed by atoms with Crippen LogP contribution in [0.4, 0.5) is 27.8 Å². The summed E-state index contributed by atoms with van der Waals surface area (Å²) in [6, 6.07) is 11.3. The first-order valence-electron chi connectivity index (χ1n) is 11.6. The van der Waals surface area contributed by atoms with Crippen LogP contribution in [0.2, 0.25) is 0 Å². The second kappa shape index (κ2) is 8.90. The number of fused-ring (bicyclic) bond motifs is 3. The van der Waals surface area contributed by atoms with E-state index in [9.17, 15) is 9.59 Å². The number of rotatable bonds is 5. The van der Waals surface area contributed by atoms with E-state index in [0.29, 0.717) is 37.5 Å². The van der Waals surface area contributed by atoms with Crippen LogP contribution in [0.25, 0.3) is 0 Å². The van der Waals surface area contributed by atoms with Crippen LogP contribution in [0.15, 0.2) is 48.8 Å². The first kappa shape index (κ1) is 22.6. The lowest BCUT2D eigenvalue weighted by Crippen LogP contribution is -2.42. The van der Waals surface area contributed by atoms with Gasteiger partial charge in [-0.15, -0.1) is 0 Å². The predicted octanol–water partition coefficient (Wildman–Crippen LogP) is 3.85. The summed E-state index contributed by atoms with van der Waals surface area (Å²) >= 11 is 0. The van der Waals surface area contributed by atoms with E-state index in [4.69, 9.17) is 4.74 Å². The SMILES string of the molecule is CCN1c2ncc(CCOc3cccc4c3CN(C)C(=O)N4C)cc2C(=O)N(C)c2cccnc21. The van der Waals surface area contributed by atoms with Crippen molar-refractivity contribution in [1.82, 2.24) is 14.9 Å². The molecule has 0 saturated carbocycles. The number of hydrogen-bond acceptors (Lipinski definition) is 6. The zero-order valence-corrected chi connectivity index (χ0v) is 20.4. The Morgan fingerprint density at radius 2 is 1.77 bits per heavy atom. The van der Waals surface area contributed by atoms with Gasteiger partial charge in [0.05, 0.1) is 30.1 Å². The molecule has 0 saturated heterocycles. The Labute approximate surface area is 204 Å². The van der Waals surface area contributed by atoms with Gasteiger partial charge in [0.2, 0.25) is 0 Å². The summed E-state index contributed by atoms with van der Waals surface area (Å²) in [4.78, 5) is 41.7. The molecule has 0 N–H and O–H groups in total. The molecule has 0 fully saturated rings. The highest BCUT2D eigenvalue weighted by Gasteiger charge is 2.31. The maximum atomic E-state index is 13.3. The molecule has 2 aliphatic heterocycles.